The lowest BCUT2D eigenvalue weighted by Crippen LogP contribution is -2.45. The molecule has 0 aliphatic heterocycles. The summed E-state index contributed by atoms with van der Waals surface area (Å²) in [6, 6.07) is -0.183. The maximum Gasteiger partial charge on any atom is 0.270 e. The van der Waals surface area contributed by atoms with E-state index in [1.54, 1.807) is 17.9 Å². The van der Waals surface area contributed by atoms with Crippen molar-refractivity contribution in [3.8, 4) is 0 Å². The number of rotatable bonds is 4. The molecule has 2 rings (SSSR count). The van der Waals surface area contributed by atoms with Gasteiger partial charge in [0.1, 0.15) is 5.69 Å². The van der Waals surface area contributed by atoms with Gasteiger partial charge in [-0.25, -0.2) is 4.98 Å². The van der Waals surface area contributed by atoms with E-state index < -0.39 is 0 Å². The van der Waals surface area contributed by atoms with E-state index in [4.69, 9.17) is 18.0 Å². The lowest BCUT2D eigenvalue weighted by atomic mass is 10.2. The highest BCUT2D eigenvalue weighted by Crippen LogP contribution is 2.32. The van der Waals surface area contributed by atoms with E-state index >= 15 is 0 Å². The SMILES string of the molecule is Cn1cncc1C(=O)NC(C(N)=S)C1CC1. The van der Waals surface area contributed by atoms with Gasteiger partial charge in [-0.3, -0.25) is 4.79 Å². The number of hydrogen-bond acceptors (Lipinski definition) is 3. The first-order valence-corrected chi connectivity index (χ1v) is 5.57. The summed E-state index contributed by atoms with van der Waals surface area (Å²) in [6.45, 7) is 0. The van der Waals surface area contributed by atoms with E-state index in [1.807, 2.05) is 0 Å². The van der Waals surface area contributed by atoms with Gasteiger partial charge in [-0.2, -0.15) is 0 Å². The van der Waals surface area contributed by atoms with Crippen molar-refractivity contribution in [2.24, 2.45) is 18.7 Å². The normalized spacial score (nSPS) is 16.8. The van der Waals surface area contributed by atoms with Crippen LogP contribution in [0.15, 0.2) is 12.5 Å². The average Bonchev–Trinajstić information content (AvgIpc) is 2.96. The van der Waals surface area contributed by atoms with Crippen molar-refractivity contribution in [1.29, 1.82) is 0 Å². The van der Waals surface area contributed by atoms with Crippen LogP contribution in [0, 0.1) is 5.92 Å². The van der Waals surface area contributed by atoms with Crippen LogP contribution < -0.4 is 11.1 Å². The Balaban J connectivity index is 2.06. The molecular formula is C10H14N4OS. The molecule has 0 saturated heterocycles. The molecule has 1 aromatic heterocycles. The molecule has 16 heavy (non-hydrogen) atoms. The molecule has 0 radical (unpaired) electrons. The average molecular weight is 238 g/mol. The first-order chi connectivity index (χ1) is 7.59. The van der Waals surface area contributed by atoms with Crippen LogP contribution in [-0.2, 0) is 7.05 Å². The van der Waals surface area contributed by atoms with Crippen LogP contribution in [0.4, 0.5) is 0 Å². The van der Waals surface area contributed by atoms with Gasteiger partial charge in [-0.15, -0.1) is 0 Å². The largest absolute Gasteiger partial charge is 0.392 e. The number of nitrogens with one attached hydrogen (secondary N) is 1. The van der Waals surface area contributed by atoms with Crippen LogP contribution in [0.25, 0.3) is 0 Å². The summed E-state index contributed by atoms with van der Waals surface area (Å²) in [6.07, 6.45) is 5.27. The lowest BCUT2D eigenvalue weighted by Gasteiger charge is -2.16. The van der Waals surface area contributed by atoms with Gasteiger partial charge in [-0.1, -0.05) is 12.2 Å². The highest BCUT2D eigenvalue weighted by atomic mass is 32.1. The quantitative estimate of drug-likeness (QED) is 0.736. The number of aromatic nitrogens is 2. The van der Waals surface area contributed by atoms with Gasteiger partial charge in [0.2, 0.25) is 0 Å². The van der Waals surface area contributed by atoms with Gasteiger partial charge in [0, 0.05) is 7.05 Å². The minimum atomic E-state index is -0.183. The van der Waals surface area contributed by atoms with Crippen molar-refractivity contribution < 1.29 is 4.79 Å². The van der Waals surface area contributed by atoms with Crippen molar-refractivity contribution in [1.82, 2.24) is 14.9 Å². The van der Waals surface area contributed by atoms with E-state index in [2.05, 4.69) is 10.3 Å². The Morgan fingerprint density at radius 2 is 2.44 bits per heavy atom. The Hall–Kier alpha value is -1.43. The van der Waals surface area contributed by atoms with Gasteiger partial charge < -0.3 is 15.6 Å². The van der Waals surface area contributed by atoms with E-state index in [0.717, 1.165) is 12.8 Å². The fourth-order valence-corrected chi connectivity index (χ4v) is 1.89. The number of aryl methyl sites for hydroxylation is 1. The zero-order chi connectivity index (χ0) is 11.7. The second-order valence-electron chi connectivity index (χ2n) is 4.08. The molecule has 1 fully saturated rings. The number of thiocarbonyl (C=S) groups is 1. The number of carbonyl (C=O) groups is 1. The van der Waals surface area contributed by atoms with Crippen LogP contribution in [0.1, 0.15) is 23.3 Å². The van der Waals surface area contributed by atoms with Crippen molar-refractivity contribution in [3.05, 3.63) is 18.2 Å². The molecule has 0 aromatic carbocycles. The number of hydrogen-bond donors (Lipinski definition) is 2. The van der Waals surface area contributed by atoms with Crippen LogP contribution in [-0.4, -0.2) is 26.5 Å². The van der Waals surface area contributed by atoms with Gasteiger partial charge in [0.25, 0.3) is 5.91 Å². The van der Waals surface area contributed by atoms with Crippen molar-refractivity contribution in [2.75, 3.05) is 0 Å². The van der Waals surface area contributed by atoms with Crippen LogP contribution >= 0.6 is 12.2 Å². The van der Waals surface area contributed by atoms with Crippen LogP contribution in [0.5, 0.6) is 0 Å². The predicted molar refractivity (Wildman–Crippen MR) is 64.0 cm³/mol. The maximum absolute atomic E-state index is 11.9. The summed E-state index contributed by atoms with van der Waals surface area (Å²) in [5, 5.41) is 2.86. The van der Waals surface area contributed by atoms with Crippen LogP contribution in [0.3, 0.4) is 0 Å². The number of nitrogens with zero attached hydrogens (tertiary/aromatic N) is 2. The van der Waals surface area contributed by atoms with Crippen LogP contribution in [0.2, 0.25) is 0 Å². The maximum atomic E-state index is 11.9. The monoisotopic (exact) mass is 238 g/mol. The summed E-state index contributed by atoms with van der Waals surface area (Å²) < 4.78 is 1.67. The summed E-state index contributed by atoms with van der Waals surface area (Å²) in [7, 11) is 1.77. The molecule has 1 saturated carbocycles. The van der Waals surface area contributed by atoms with Gasteiger partial charge in [0.15, 0.2) is 0 Å². The number of amides is 1. The Morgan fingerprint density at radius 3 is 2.88 bits per heavy atom. The van der Waals surface area contributed by atoms with E-state index in [0.29, 0.717) is 16.6 Å². The lowest BCUT2D eigenvalue weighted by molar-refractivity contribution is 0.0935. The number of carbonyl (C=O) groups excluding carboxylic acids is 1. The molecule has 3 N–H and O–H groups in total. The summed E-state index contributed by atoms with van der Waals surface area (Å²) >= 11 is 4.95. The summed E-state index contributed by atoms with van der Waals surface area (Å²) in [5.74, 6) is 0.236. The molecule has 0 bridgehead atoms. The first-order valence-electron chi connectivity index (χ1n) is 5.16. The molecule has 6 heteroatoms. The predicted octanol–water partition coefficient (Wildman–Crippen LogP) is 0.215. The van der Waals surface area contributed by atoms with Crippen molar-refractivity contribution >= 4 is 23.1 Å². The molecule has 1 amide bonds. The molecule has 1 atom stereocenters. The molecular weight excluding hydrogens is 224 g/mol. The zero-order valence-electron chi connectivity index (χ0n) is 9.01. The minimum Gasteiger partial charge on any atom is -0.392 e. The third kappa shape index (κ3) is 2.21. The second-order valence-corrected chi connectivity index (χ2v) is 4.55. The standard InChI is InChI=1S/C10H14N4OS/c1-14-5-12-4-7(14)10(15)13-8(9(11)16)6-2-3-6/h4-6,8H,2-3H2,1H3,(H2,11,16)(H,13,15). The van der Waals surface area contributed by atoms with E-state index in [1.165, 1.54) is 6.20 Å². The molecule has 1 aromatic rings. The fourth-order valence-electron chi connectivity index (χ4n) is 1.64. The molecule has 86 valence electrons. The van der Waals surface area contributed by atoms with Crippen molar-refractivity contribution in [3.63, 3.8) is 0 Å². The Labute approximate surface area is 99.0 Å². The van der Waals surface area contributed by atoms with Gasteiger partial charge in [-0.05, 0) is 18.8 Å². The van der Waals surface area contributed by atoms with E-state index in [-0.39, 0.29) is 11.9 Å². The molecule has 1 aliphatic rings. The van der Waals surface area contributed by atoms with Gasteiger partial charge >= 0.3 is 0 Å². The molecule has 1 heterocycles. The fraction of sp³-hybridized carbons (Fsp3) is 0.500. The smallest absolute Gasteiger partial charge is 0.270 e. The molecule has 0 spiro atoms. The Kier molecular flexibility index (Phi) is 2.91. The highest BCUT2D eigenvalue weighted by Gasteiger charge is 2.34. The van der Waals surface area contributed by atoms with E-state index in [9.17, 15) is 4.79 Å². The van der Waals surface area contributed by atoms with Gasteiger partial charge in [0.05, 0.1) is 23.6 Å². The number of imidazole rings is 1. The topological polar surface area (TPSA) is 72.9 Å². The third-order valence-corrected chi connectivity index (χ3v) is 2.99. The first kappa shape index (κ1) is 11.1. The molecule has 1 aliphatic carbocycles. The molecule has 5 nitrogen and oxygen atoms in total. The minimum absolute atomic E-state index is 0.176. The summed E-state index contributed by atoms with van der Waals surface area (Å²) in [5.41, 5.74) is 6.13. The number of nitrogens with two attached hydrogens (primary N) is 1. The van der Waals surface area contributed by atoms with Crippen molar-refractivity contribution in [2.45, 2.75) is 18.9 Å². The third-order valence-electron chi connectivity index (χ3n) is 2.74. The second kappa shape index (κ2) is 4.21. The highest BCUT2D eigenvalue weighted by molar-refractivity contribution is 7.80. The zero-order valence-corrected chi connectivity index (χ0v) is 9.83. The Bertz CT molecular complexity index is 424. The Morgan fingerprint density at radius 1 is 1.75 bits per heavy atom. The summed E-state index contributed by atoms with van der Waals surface area (Å²) in [4.78, 5) is 16.1. The molecule has 1 unspecified atom stereocenters.